The van der Waals surface area contributed by atoms with E-state index in [0.717, 1.165) is 0 Å². The molecule has 6 aromatic rings. The van der Waals surface area contributed by atoms with Crippen LogP contribution in [0.5, 0.6) is 0 Å². The number of fused-ring (bicyclic) bond motifs is 4. The second-order valence-electron chi connectivity index (χ2n) is 24.1. The molecule has 62 heavy (non-hydrogen) atoms. The Morgan fingerprint density at radius 2 is 0.629 bits per heavy atom. The standard InChI is InChI=1S/C59H71BN2/c1-54(2,3)38-24-26-39(27-25-38)59(16,17)44-36-51-53-52(37-44)62(46-23-19-21-41(33-46)56(7,8)9)50-35-43(58(13,14)15)29-31-48(50)60(53)47-30-28-42(57(10,11)12)34-49(47)61(51)45-22-18-20-40(32-45)55(4,5)6/h18-37H,1-17H3. The predicted octanol–water partition coefficient (Wildman–Crippen LogP) is 14.6. The van der Waals surface area contributed by atoms with Crippen molar-refractivity contribution in [1.29, 1.82) is 0 Å². The summed E-state index contributed by atoms with van der Waals surface area (Å²) in [6.07, 6.45) is 0. The van der Waals surface area contributed by atoms with Gasteiger partial charge in [0.15, 0.2) is 0 Å². The van der Waals surface area contributed by atoms with Crippen molar-refractivity contribution in [3.05, 3.63) is 160 Å². The molecule has 2 aliphatic heterocycles. The molecule has 0 saturated carbocycles. The molecule has 0 fully saturated rings. The van der Waals surface area contributed by atoms with E-state index >= 15 is 0 Å². The molecule has 0 amide bonds. The Hall–Kier alpha value is -5.02. The van der Waals surface area contributed by atoms with Crippen LogP contribution in [0.1, 0.15) is 157 Å². The van der Waals surface area contributed by atoms with Gasteiger partial charge in [-0.2, -0.15) is 0 Å². The number of nitrogens with zero attached hydrogens (tertiary/aromatic N) is 2. The van der Waals surface area contributed by atoms with Gasteiger partial charge in [0.05, 0.1) is 0 Å². The molecule has 3 heteroatoms. The van der Waals surface area contributed by atoms with E-state index in [1.165, 1.54) is 89.5 Å². The highest BCUT2D eigenvalue weighted by molar-refractivity contribution is 7.00. The fraction of sp³-hybridized carbons (Fsp3) is 0.390. The second kappa shape index (κ2) is 14.5. The second-order valence-corrected chi connectivity index (χ2v) is 24.1. The van der Waals surface area contributed by atoms with Gasteiger partial charge >= 0.3 is 0 Å². The molecule has 0 radical (unpaired) electrons. The van der Waals surface area contributed by atoms with Gasteiger partial charge in [0.1, 0.15) is 0 Å². The first-order chi connectivity index (χ1) is 28.7. The van der Waals surface area contributed by atoms with Gasteiger partial charge < -0.3 is 9.80 Å². The smallest absolute Gasteiger partial charge is 0.252 e. The van der Waals surface area contributed by atoms with Crippen molar-refractivity contribution in [2.75, 3.05) is 9.80 Å². The van der Waals surface area contributed by atoms with Crippen LogP contribution in [0.4, 0.5) is 34.1 Å². The first-order valence-electron chi connectivity index (χ1n) is 23.1. The Kier molecular flexibility index (Phi) is 10.2. The first-order valence-corrected chi connectivity index (χ1v) is 23.1. The van der Waals surface area contributed by atoms with E-state index in [-0.39, 0.29) is 39.2 Å². The molecule has 6 aromatic carbocycles. The van der Waals surface area contributed by atoms with Crippen LogP contribution in [-0.4, -0.2) is 6.71 Å². The lowest BCUT2D eigenvalue weighted by atomic mass is 9.33. The molecule has 2 heterocycles. The van der Waals surface area contributed by atoms with Gasteiger partial charge in [0.2, 0.25) is 0 Å². The Morgan fingerprint density at radius 3 is 1.00 bits per heavy atom. The molecule has 0 aromatic heterocycles. The largest absolute Gasteiger partial charge is 0.311 e. The van der Waals surface area contributed by atoms with Gasteiger partial charge in [-0.3, -0.25) is 0 Å². The van der Waals surface area contributed by atoms with Gasteiger partial charge in [-0.05, 0) is 131 Å². The van der Waals surface area contributed by atoms with Crippen LogP contribution < -0.4 is 26.2 Å². The molecule has 0 bridgehead atoms. The SMILES string of the molecule is CC(C)(C)c1ccc(C(C)(C)c2cc3c4c(c2)N(c2cccc(C(C)(C)C)c2)c2cc(C(C)(C)C)ccc2B4c2ccc(C(C)(C)C)cc2N3c2cccc(C(C)(C)C)c2)cc1. The normalized spacial score (nSPS) is 14.4. The molecular formula is C59H71BN2. The third kappa shape index (κ3) is 7.62. The molecule has 2 nitrogen and oxygen atoms in total. The molecule has 0 N–H and O–H groups in total. The fourth-order valence-corrected chi connectivity index (χ4v) is 9.62. The lowest BCUT2D eigenvalue weighted by Crippen LogP contribution is -2.61. The van der Waals surface area contributed by atoms with E-state index in [1.807, 2.05) is 0 Å². The van der Waals surface area contributed by atoms with Crippen LogP contribution in [0, 0.1) is 0 Å². The third-order valence-corrected chi connectivity index (χ3v) is 13.9. The average molecular weight is 819 g/mol. The Morgan fingerprint density at radius 1 is 0.306 bits per heavy atom. The van der Waals surface area contributed by atoms with Crippen LogP contribution in [-0.2, 0) is 32.5 Å². The Labute approximate surface area is 375 Å². The monoisotopic (exact) mass is 819 g/mol. The summed E-state index contributed by atoms with van der Waals surface area (Å²) in [5.41, 5.74) is 20.5. The topological polar surface area (TPSA) is 6.48 Å². The zero-order valence-corrected chi connectivity index (χ0v) is 41.0. The molecule has 0 aliphatic carbocycles. The number of benzene rings is 6. The number of hydrogen-bond acceptors (Lipinski definition) is 2. The van der Waals surface area contributed by atoms with Gasteiger partial charge in [-0.25, -0.2) is 0 Å². The summed E-state index contributed by atoms with van der Waals surface area (Å²) < 4.78 is 0. The highest BCUT2D eigenvalue weighted by atomic mass is 15.2. The summed E-state index contributed by atoms with van der Waals surface area (Å²) in [6, 6.07) is 47.9. The lowest BCUT2D eigenvalue weighted by Gasteiger charge is -2.46. The minimum atomic E-state index is -0.309. The summed E-state index contributed by atoms with van der Waals surface area (Å²) >= 11 is 0. The van der Waals surface area contributed by atoms with E-state index in [0.29, 0.717) is 0 Å². The summed E-state index contributed by atoms with van der Waals surface area (Å²) in [5, 5.41) is 0. The van der Waals surface area contributed by atoms with Gasteiger partial charge in [-0.15, -0.1) is 0 Å². The fourth-order valence-electron chi connectivity index (χ4n) is 9.62. The van der Waals surface area contributed by atoms with Crippen molar-refractivity contribution in [3.63, 3.8) is 0 Å². The maximum atomic E-state index is 2.62. The van der Waals surface area contributed by atoms with Crippen molar-refractivity contribution >= 4 is 57.2 Å². The van der Waals surface area contributed by atoms with E-state index in [2.05, 4.69) is 249 Å². The molecule has 2 aliphatic rings. The van der Waals surface area contributed by atoms with E-state index in [9.17, 15) is 0 Å². The van der Waals surface area contributed by atoms with Crippen molar-refractivity contribution in [1.82, 2.24) is 0 Å². The zero-order valence-electron chi connectivity index (χ0n) is 41.0. The predicted molar refractivity (Wildman–Crippen MR) is 273 cm³/mol. The quantitative estimate of drug-likeness (QED) is 0.163. The van der Waals surface area contributed by atoms with Crippen molar-refractivity contribution < 1.29 is 0 Å². The summed E-state index contributed by atoms with van der Waals surface area (Å²) in [5.74, 6) is 0. The molecule has 0 saturated heterocycles. The highest BCUT2D eigenvalue weighted by Gasteiger charge is 2.45. The van der Waals surface area contributed by atoms with Gasteiger partial charge in [0, 0.05) is 39.5 Å². The molecule has 0 unspecified atom stereocenters. The highest BCUT2D eigenvalue weighted by Crippen LogP contribution is 2.49. The molecule has 8 rings (SSSR count). The minimum absolute atomic E-state index is 0.00846. The van der Waals surface area contributed by atoms with Crippen molar-refractivity contribution in [2.24, 2.45) is 0 Å². The minimum Gasteiger partial charge on any atom is -0.311 e. The summed E-state index contributed by atoms with van der Waals surface area (Å²) in [4.78, 5) is 5.24. The molecule has 0 atom stereocenters. The first kappa shape index (κ1) is 43.6. The van der Waals surface area contributed by atoms with Crippen LogP contribution >= 0.6 is 0 Å². The van der Waals surface area contributed by atoms with Gasteiger partial charge in [-0.1, -0.05) is 190 Å². The Bertz CT molecular complexity index is 2530. The van der Waals surface area contributed by atoms with E-state index in [1.54, 1.807) is 0 Å². The molecular weight excluding hydrogens is 747 g/mol. The van der Waals surface area contributed by atoms with Crippen LogP contribution in [0.25, 0.3) is 0 Å². The van der Waals surface area contributed by atoms with Crippen LogP contribution in [0.2, 0.25) is 0 Å². The van der Waals surface area contributed by atoms with Crippen molar-refractivity contribution in [2.45, 2.75) is 150 Å². The van der Waals surface area contributed by atoms with Gasteiger partial charge in [0.25, 0.3) is 6.71 Å². The van der Waals surface area contributed by atoms with Crippen LogP contribution in [0.15, 0.2) is 121 Å². The van der Waals surface area contributed by atoms with Crippen molar-refractivity contribution in [3.8, 4) is 0 Å². The molecule has 320 valence electrons. The average Bonchev–Trinajstić information content (AvgIpc) is 3.18. The third-order valence-electron chi connectivity index (χ3n) is 13.9. The van der Waals surface area contributed by atoms with E-state index < -0.39 is 0 Å². The van der Waals surface area contributed by atoms with E-state index in [4.69, 9.17) is 0 Å². The maximum absolute atomic E-state index is 2.62. The summed E-state index contributed by atoms with van der Waals surface area (Å²) in [7, 11) is 0. The lowest BCUT2D eigenvalue weighted by molar-refractivity contribution is 0.587. The summed E-state index contributed by atoms with van der Waals surface area (Å²) in [6.45, 7) is 39.8. The van der Waals surface area contributed by atoms with Crippen LogP contribution in [0.3, 0.4) is 0 Å². The molecule has 0 spiro atoms. The Balaban J connectivity index is 1.53. The number of rotatable bonds is 4. The zero-order chi connectivity index (χ0) is 45.1. The number of anilines is 6. The maximum Gasteiger partial charge on any atom is 0.252 e. The number of hydrogen-bond donors (Lipinski definition) is 0.